The third-order valence-corrected chi connectivity index (χ3v) is 3.77. The zero-order valence-electron chi connectivity index (χ0n) is 10.5. The van der Waals surface area contributed by atoms with Gasteiger partial charge < -0.3 is 5.32 Å². The van der Waals surface area contributed by atoms with Crippen LogP contribution in [0.1, 0.15) is 13.8 Å². The summed E-state index contributed by atoms with van der Waals surface area (Å²) in [6.45, 7) is 4.02. The number of carbonyl (C=O) groups excluding carboxylic acids is 1. The fraction of sp³-hybridized carbons (Fsp3) is 0.417. The maximum absolute atomic E-state index is 11.8. The molecule has 0 bridgehead atoms. The van der Waals surface area contributed by atoms with Gasteiger partial charge in [-0.1, -0.05) is 32.0 Å². The van der Waals surface area contributed by atoms with Crippen LogP contribution in [0.15, 0.2) is 35.2 Å². The minimum Gasteiger partial charge on any atom is -0.355 e. The summed E-state index contributed by atoms with van der Waals surface area (Å²) in [6, 6.07) is 8.12. The monoisotopic (exact) mass is 270 g/mol. The Morgan fingerprint density at radius 3 is 2.33 bits per heavy atom. The van der Waals surface area contributed by atoms with Gasteiger partial charge in [0.05, 0.1) is 4.90 Å². The number of benzene rings is 1. The van der Waals surface area contributed by atoms with Gasteiger partial charge in [0.15, 0.2) is 0 Å². The molecule has 0 saturated heterocycles. The Morgan fingerprint density at radius 2 is 1.78 bits per heavy atom. The normalized spacial score (nSPS) is 11.5. The van der Waals surface area contributed by atoms with Gasteiger partial charge in [0.25, 0.3) is 0 Å². The van der Waals surface area contributed by atoms with Crippen molar-refractivity contribution in [1.82, 2.24) is 10.0 Å². The van der Waals surface area contributed by atoms with Gasteiger partial charge in [-0.2, -0.15) is 0 Å². The Hall–Kier alpha value is -1.40. The van der Waals surface area contributed by atoms with Crippen molar-refractivity contribution in [3.63, 3.8) is 0 Å². The van der Waals surface area contributed by atoms with Crippen LogP contribution in [0, 0.1) is 5.92 Å². The second-order valence-electron chi connectivity index (χ2n) is 4.16. The van der Waals surface area contributed by atoms with Crippen molar-refractivity contribution >= 4 is 15.9 Å². The molecule has 0 aliphatic rings. The van der Waals surface area contributed by atoms with E-state index in [9.17, 15) is 13.2 Å². The predicted molar refractivity (Wildman–Crippen MR) is 69.5 cm³/mol. The lowest BCUT2D eigenvalue weighted by atomic mass is 10.2. The molecule has 5 nitrogen and oxygen atoms in total. The van der Waals surface area contributed by atoms with E-state index in [-0.39, 0.29) is 29.8 Å². The van der Waals surface area contributed by atoms with Crippen molar-refractivity contribution in [2.45, 2.75) is 18.7 Å². The standard InChI is InChI=1S/C12H18N2O3S/c1-10(2)12(15)13-8-9-14-18(16,17)11-6-4-3-5-7-11/h3-7,10,14H,8-9H2,1-2H3,(H,13,15). The maximum Gasteiger partial charge on any atom is 0.240 e. The number of hydrogen-bond acceptors (Lipinski definition) is 3. The SMILES string of the molecule is CC(C)C(=O)NCCNS(=O)(=O)c1ccccc1. The number of nitrogens with one attached hydrogen (secondary N) is 2. The number of sulfonamides is 1. The first kappa shape index (κ1) is 14.7. The van der Waals surface area contributed by atoms with Crippen LogP contribution >= 0.6 is 0 Å². The van der Waals surface area contributed by atoms with Crippen LogP contribution in [0.25, 0.3) is 0 Å². The third-order valence-electron chi connectivity index (χ3n) is 2.29. The molecule has 2 N–H and O–H groups in total. The number of carbonyl (C=O) groups is 1. The largest absolute Gasteiger partial charge is 0.355 e. The van der Waals surface area contributed by atoms with Crippen LogP contribution < -0.4 is 10.0 Å². The molecular weight excluding hydrogens is 252 g/mol. The molecular formula is C12H18N2O3S. The molecule has 0 aromatic heterocycles. The van der Waals surface area contributed by atoms with E-state index in [2.05, 4.69) is 10.0 Å². The van der Waals surface area contributed by atoms with Gasteiger partial charge in [-0.25, -0.2) is 13.1 Å². The van der Waals surface area contributed by atoms with E-state index in [1.807, 2.05) is 0 Å². The average molecular weight is 270 g/mol. The first-order valence-electron chi connectivity index (χ1n) is 5.76. The molecule has 0 aliphatic carbocycles. The van der Waals surface area contributed by atoms with Crippen LogP contribution in [0.5, 0.6) is 0 Å². The lowest BCUT2D eigenvalue weighted by Gasteiger charge is -2.09. The lowest BCUT2D eigenvalue weighted by Crippen LogP contribution is -2.36. The van der Waals surface area contributed by atoms with Crippen molar-refractivity contribution < 1.29 is 13.2 Å². The molecule has 0 aliphatic heterocycles. The fourth-order valence-corrected chi connectivity index (χ4v) is 2.31. The zero-order chi connectivity index (χ0) is 13.6. The van der Waals surface area contributed by atoms with Crippen LogP contribution in [-0.2, 0) is 14.8 Å². The molecule has 0 unspecified atom stereocenters. The van der Waals surface area contributed by atoms with Gasteiger partial charge in [-0.05, 0) is 12.1 Å². The molecule has 6 heteroatoms. The maximum atomic E-state index is 11.8. The molecule has 0 radical (unpaired) electrons. The second-order valence-corrected chi connectivity index (χ2v) is 5.92. The molecule has 1 aromatic rings. The summed E-state index contributed by atoms with van der Waals surface area (Å²) in [5, 5.41) is 2.64. The topological polar surface area (TPSA) is 75.3 Å². The first-order valence-corrected chi connectivity index (χ1v) is 7.24. The van der Waals surface area contributed by atoms with Gasteiger partial charge in [-0.15, -0.1) is 0 Å². The van der Waals surface area contributed by atoms with Crippen LogP contribution in [-0.4, -0.2) is 27.4 Å². The Kier molecular flexibility index (Phi) is 5.30. The van der Waals surface area contributed by atoms with Gasteiger partial charge in [0.2, 0.25) is 15.9 Å². The molecule has 0 saturated carbocycles. The van der Waals surface area contributed by atoms with Crippen molar-refractivity contribution in [2.75, 3.05) is 13.1 Å². The van der Waals surface area contributed by atoms with E-state index >= 15 is 0 Å². The van der Waals surface area contributed by atoms with E-state index in [1.54, 1.807) is 32.0 Å². The highest BCUT2D eigenvalue weighted by atomic mass is 32.2. The first-order chi connectivity index (χ1) is 8.43. The van der Waals surface area contributed by atoms with Crippen molar-refractivity contribution in [1.29, 1.82) is 0 Å². The lowest BCUT2D eigenvalue weighted by molar-refractivity contribution is -0.123. The minimum atomic E-state index is -3.48. The number of rotatable bonds is 6. The van der Waals surface area contributed by atoms with E-state index in [4.69, 9.17) is 0 Å². The molecule has 18 heavy (non-hydrogen) atoms. The van der Waals surface area contributed by atoms with E-state index in [0.717, 1.165) is 0 Å². The number of hydrogen-bond donors (Lipinski definition) is 2. The van der Waals surface area contributed by atoms with Gasteiger partial charge in [0.1, 0.15) is 0 Å². The summed E-state index contributed by atoms with van der Waals surface area (Å²) in [5.41, 5.74) is 0. The van der Waals surface area contributed by atoms with Gasteiger partial charge in [-0.3, -0.25) is 4.79 Å². The Balaban J connectivity index is 2.42. The summed E-state index contributed by atoms with van der Waals surface area (Å²) >= 11 is 0. The quantitative estimate of drug-likeness (QED) is 0.749. The highest BCUT2D eigenvalue weighted by Gasteiger charge is 2.12. The summed E-state index contributed by atoms with van der Waals surface area (Å²) in [4.78, 5) is 11.5. The van der Waals surface area contributed by atoms with E-state index < -0.39 is 10.0 Å². The van der Waals surface area contributed by atoms with Crippen molar-refractivity contribution in [3.8, 4) is 0 Å². The Labute approximate surface area is 108 Å². The molecule has 0 heterocycles. The highest BCUT2D eigenvalue weighted by molar-refractivity contribution is 7.89. The summed E-state index contributed by atoms with van der Waals surface area (Å²) < 4.78 is 26.0. The molecule has 100 valence electrons. The number of amides is 1. The molecule has 1 amide bonds. The molecule has 1 rings (SSSR count). The summed E-state index contributed by atoms with van der Waals surface area (Å²) in [6.07, 6.45) is 0. The van der Waals surface area contributed by atoms with Crippen LogP contribution in [0.4, 0.5) is 0 Å². The highest BCUT2D eigenvalue weighted by Crippen LogP contribution is 2.06. The molecule has 0 spiro atoms. The van der Waals surface area contributed by atoms with Crippen LogP contribution in [0.3, 0.4) is 0 Å². The molecule has 0 atom stereocenters. The minimum absolute atomic E-state index is 0.0890. The molecule has 0 fully saturated rings. The summed E-state index contributed by atoms with van der Waals surface area (Å²) in [5.74, 6) is -0.190. The Morgan fingerprint density at radius 1 is 1.17 bits per heavy atom. The zero-order valence-corrected chi connectivity index (χ0v) is 11.3. The van der Waals surface area contributed by atoms with Crippen molar-refractivity contribution in [2.24, 2.45) is 5.92 Å². The third kappa shape index (κ3) is 4.46. The molecule has 1 aromatic carbocycles. The van der Waals surface area contributed by atoms with Crippen LogP contribution in [0.2, 0.25) is 0 Å². The predicted octanol–water partition coefficient (Wildman–Crippen LogP) is 0.737. The second kappa shape index (κ2) is 6.51. The smallest absolute Gasteiger partial charge is 0.240 e. The van der Waals surface area contributed by atoms with Gasteiger partial charge >= 0.3 is 0 Å². The Bertz CT molecular complexity index is 483. The van der Waals surface area contributed by atoms with E-state index in [1.165, 1.54) is 12.1 Å². The average Bonchev–Trinajstić information content (AvgIpc) is 2.35. The van der Waals surface area contributed by atoms with Crippen molar-refractivity contribution in [3.05, 3.63) is 30.3 Å². The fourth-order valence-electron chi connectivity index (χ4n) is 1.26. The van der Waals surface area contributed by atoms with Gasteiger partial charge in [0, 0.05) is 19.0 Å². The van der Waals surface area contributed by atoms with E-state index in [0.29, 0.717) is 0 Å². The summed E-state index contributed by atoms with van der Waals surface area (Å²) in [7, 11) is -3.48.